The van der Waals surface area contributed by atoms with Crippen LogP contribution in [-0.4, -0.2) is 62.0 Å². The van der Waals surface area contributed by atoms with Crippen LogP contribution in [-0.2, 0) is 23.9 Å². The molecule has 4 unspecified atom stereocenters. The van der Waals surface area contributed by atoms with Crippen LogP contribution < -0.4 is 0 Å². The van der Waals surface area contributed by atoms with Gasteiger partial charge in [0.1, 0.15) is 17.2 Å². The van der Waals surface area contributed by atoms with Crippen LogP contribution in [0.15, 0.2) is 23.3 Å². The van der Waals surface area contributed by atoms with E-state index >= 15 is 0 Å². The number of aliphatic hydroxyl groups excluding tert-OH is 1. The molecule has 2 saturated carbocycles. The number of carboxylic acids is 1. The molecule has 208 valence electrons. The number of epoxide rings is 1. The molecule has 0 amide bonds. The van der Waals surface area contributed by atoms with Gasteiger partial charge in [-0.1, -0.05) is 40.7 Å². The van der Waals surface area contributed by atoms with Gasteiger partial charge in [0.2, 0.25) is 0 Å². The minimum absolute atomic E-state index is 0.00758. The zero-order chi connectivity index (χ0) is 28.4. The highest BCUT2D eigenvalue weighted by Gasteiger charge is 2.85. The molecule has 0 bridgehead atoms. The Balaban J connectivity index is 1.57. The summed E-state index contributed by atoms with van der Waals surface area (Å²) in [5.74, 6) is -2.48. The third-order valence-electron chi connectivity index (χ3n) is 11.5. The van der Waals surface area contributed by atoms with Crippen LogP contribution in [0.4, 0.5) is 0 Å². The number of rotatable bonds is 6. The molecular weight excluding hydrogens is 488 g/mol. The Hall–Kier alpha value is -2.16. The van der Waals surface area contributed by atoms with Crippen molar-refractivity contribution in [1.29, 1.82) is 0 Å². The van der Waals surface area contributed by atoms with Crippen LogP contribution in [0.2, 0.25) is 0 Å². The average Bonchev–Trinajstić information content (AvgIpc) is 3.48. The van der Waals surface area contributed by atoms with E-state index in [1.165, 1.54) is 19.9 Å². The first-order valence-corrected chi connectivity index (χ1v) is 13.7. The first kappa shape index (κ1) is 27.4. The van der Waals surface area contributed by atoms with Gasteiger partial charge in [0, 0.05) is 30.1 Å². The summed E-state index contributed by atoms with van der Waals surface area (Å²) in [4.78, 5) is 51.1. The van der Waals surface area contributed by atoms with Crippen molar-refractivity contribution in [2.24, 2.45) is 33.5 Å². The molecular formula is C30H40O8. The van der Waals surface area contributed by atoms with Crippen molar-refractivity contribution in [3.63, 3.8) is 0 Å². The summed E-state index contributed by atoms with van der Waals surface area (Å²) in [6, 6.07) is 0. The standard InChI is InChI=1S/C30H40O8/c1-15(24(35)36)10-16(31)14-27(5,37)19-12-22(34)29(7)28(19,6)21(33)11-18-26(4)9-8-20(32)25(2,3)17(26)13-23-30(18,29)38-23/h11-12,15,17,22-23,34,37H,8-10,13-14H2,1-7H3,(H,35,36)/t15?,17-,22+,23?,26-,27?,28-,29+,30?/m0/s1. The van der Waals surface area contributed by atoms with E-state index in [2.05, 4.69) is 6.92 Å². The second kappa shape index (κ2) is 7.73. The van der Waals surface area contributed by atoms with Crippen molar-refractivity contribution >= 4 is 23.3 Å². The van der Waals surface area contributed by atoms with Gasteiger partial charge in [0.25, 0.3) is 0 Å². The van der Waals surface area contributed by atoms with Gasteiger partial charge in [0.15, 0.2) is 5.78 Å². The molecule has 0 aromatic carbocycles. The number of aliphatic hydroxyl groups is 2. The molecule has 1 spiro atoms. The summed E-state index contributed by atoms with van der Waals surface area (Å²) in [5, 5.41) is 32.5. The molecule has 9 atom stereocenters. The van der Waals surface area contributed by atoms with Gasteiger partial charge >= 0.3 is 5.97 Å². The Morgan fingerprint density at radius 1 is 1.18 bits per heavy atom. The van der Waals surface area contributed by atoms with E-state index in [9.17, 15) is 34.5 Å². The van der Waals surface area contributed by atoms with Crippen molar-refractivity contribution in [3.8, 4) is 0 Å². The number of carboxylic acid groups (broad SMARTS) is 1. The van der Waals surface area contributed by atoms with Crippen LogP contribution in [0.25, 0.3) is 0 Å². The number of allylic oxidation sites excluding steroid dienone is 1. The maximum atomic E-state index is 14.2. The van der Waals surface area contributed by atoms with E-state index in [0.717, 1.165) is 5.57 Å². The Morgan fingerprint density at radius 2 is 1.82 bits per heavy atom. The summed E-state index contributed by atoms with van der Waals surface area (Å²) in [5.41, 5.74) is -5.09. The van der Waals surface area contributed by atoms with Crippen LogP contribution >= 0.6 is 0 Å². The number of hydrogen-bond donors (Lipinski definition) is 3. The lowest BCUT2D eigenvalue weighted by atomic mass is 9.40. The third-order valence-corrected chi connectivity index (χ3v) is 11.5. The topological polar surface area (TPSA) is 141 Å². The van der Waals surface area contributed by atoms with Crippen molar-refractivity contribution in [2.75, 3.05) is 0 Å². The predicted octanol–water partition coefficient (Wildman–Crippen LogP) is 3.18. The van der Waals surface area contributed by atoms with E-state index in [0.29, 0.717) is 19.3 Å². The normalized spacial score (nSPS) is 44.9. The molecule has 0 aromatic heterocycles. The first-order chi connectivity index (χ1) is 17.3. The summed E-state index contributed by atoms with van der Waals surface area (Å²) in [6.07, 6.45) is 2.80. The van der Waals surface area contributed by atoms with Gasteiger partial charge in [0.05, 0.1) is 29.1 Å². The van der Waals surface area contributed by atoms with Crippen molar-refractivity contribution in [2.45, 2.75) is 104 Å². The maximum absolute atomic E-state index is 14.2. The molecule has 3 fully saturated rings. The van der Waals surface area contributed by atoms with Crippen molar-refractivity contribution in [1.82, 2.24) is 0 Å². The number of hydrogen-bond acceptors (Lipinski definition) is 7. The number of ketones is 3. The molecule has 5 aliphatic rings. The molecule has 4 aliphatic carbocycles. The van der Waals surface area contributed by atoms with Gasteiger partial charge in [-0.05, 0) is 55.2 Å². The molecule has 1 aliphatic heterocycles. The van der Waals surface area contributed by atoms with Gasteiger partial charge < -0.3 is 20.1 Å². The Labute approximate surface area is 223 Å². The SMILES string of the molecule is CC(CC(=O)CC(C)(O)C1=C[C@@H](O)[C@@]2(C)C34OC3C[C@H]3C(C)(C)C(=O)CC[C@]3(C)C4=CC(=O)[C@]12C)C(=O)O. The van der Waals surface area contributed by atoms with E-state index in [-0.39, 0.29) is 42.0 Å². The third kappa shape index (κ3) is 3.02. The van der Waals surface area contributed by atoms with Gasteiger partial charge in [-0.15, -0.1) is 0 Å². The predicted molar refractivity (Wildman–Crippen MR) is 137 cm³/mol. The molecule has 0 aromatic rings. The average molecular weight is 529 g/mol. The number of carbonyl (C=O) groups is 4. The molecule has 8 nitrogen and oxygen atoms in total. The van der Waals surface area contributed by atoms with Gasteiger partial charge in [-0.2, -0.15) is 0 Å². The highest BCUT2D eigenvalue weighted by molar-refractivity contribution is 6.02. The number of fused-ring (bicyclic) bond motifs is 3. The lowest BCUT2D eigenvalue weighted by molar-refractivity contribution is -0.147. The molecule has 1 saturated heterocycles. The Kier molecular flexibility index (Phi) is 5.58. The molecule has 8 heteroatoms. The fraction of sp³-hybridized carbons (Fsp3) is 0.733. The Bertz CT molecular complexity index is 1220. The first-order valence-electron chi connectivity index (χ1n) is 13.7. The van der Waals surface area contributed by atoms with Crippen LogP contribution in [0.5, 0.6) is 0 Å². The van der Waals surface area contributed by atoms with E-state index in [1.807, 2.05) is 20.8 Å². The Morgan fingerprint density at radius 3 is 2.42 bits per heavy atom. The number of carbonyl (C=O) groups excluding carboxylic acids is 3. The van der Waals surface area contributed by atoms with E-state index in [4.69, 9.17) is 4.74 Å². The summed E-state index contributed by atoms with van der Waals surface area (Å²) < 4.78 is 6.54. The molecule has 3 N–H and O–H groups in total. The maximum Gasteiger partial charge on any atom is 0.306 e. The van der Waals surface area contributed by atoms with E-state index in [1.54, 1.807) is 13.0 Å². The molecule has 0 radical (unpaired) electrons. The van der Waals surface area contributed by atoms with Gasteiger partial charge in [-0.3, -0.25) is 19.2 Å². The highest BCUT2D eigenvalue weighted by atomic mass is 16.6. The molecule has 38 heavy (non-hydrogen) atoms. The zero-order valence-electron chi connectivity index (χ0n) is 23.4. The van der Waals surface area contributed by atoms with Crippen LogP contribution in [0.3, 0.4) is 0 Å². The largest absolute Gasteiger partial charge is 0.481 e. The summed E-state index contributed by atoms with van der Waals surface area (Å²) in [7, 11) is 0. The zero-order valence-corrected chi connectivity index (χ0v) is 23.4. The van der Waals surface area contributed by atoms with Crippen molar-refractivity contribution < 1.29 is 39.2 Å². The summed E-state index contributed by atoms with van der Waals surface area (Å²) in [6.45, 7) is 12.5. The summed E-state index contributed by atoms with van der Waals surface area (Å²) >= 11 is 0. The molecule has 1 heterocycles. The van der Waals surface area contributed by atoms with Crippen LogP contribution in [0.1, 0.15) is 80.6 Å². The second-order valence-electron chi connectivity index (χ2n) is 13.9. The van der Waals surface area contributed by atoms with Crippen LogP contribution in [0, 0.1) is 33.5 Å². The number of ether oxygens (including phenoxy) is 1. The fourth-order valence-corrected chi connectivity index (χ4v) is 9.05. The fourth-order valence-electron chi connectivity index (χ4n) is 9.05. The monoisotopic (exact) mass is 528 g/mol. The lowest BCUT2D eigenvalue weighted by Crippen LogP contribution is -2.66. The second-order valence-corrected chi connectivity index (χ2v) is 13.9. The quantitative estimate of drug-likeness (QED) is 0.353. The minimum Gasteiger partial charge on any atom is -0.481 e. The lowest BCUT2D eigenvalue weighted by Gasteiger charge is -2.60. The van der Waals surface area contributed by atoms with E-state index < -0.39 is 56.6 Å². The number of aliphatic carboxylic acids is 1. The smallest absolute Gasteiger partial charge is 0.306 e. The highest BCUT2D eigenvalue weighted by Crippen LogP contribution is 2.78. The van der Waals surface area contributed by atoms with Gasteiger partial charge in [-0.25, -0.2) is 0 Å². The molecule has 5 rings (SSSR count). The number of Topliss-reactive ketones (excluding diaryl/α,β-unsaturated/α-hetero) is 2. The van der Waals surface area contributed by atoms with Crippen molar-refractivity contribution in [3.05, 3.63) is 23.3 Å². The minimum atomic E-state index is -1.77.